The first-order valence-electron chi connectivity index (χ1n) is 5.51. The summed E-state index contributed by atoms with van der Waals surface area (Å²) >= 11 is 5.68. The lowest BCUT2D eigenvalue weighted by atomic mass is 10.4. The van der Waals surface area contributed by atoms with Crippen LogP contribution in [0, 0.1) is 0 Å². The second-order valence-electron chi connectivity index (χ2n) is 3.30. The molecule has 0 spiro atoms. The highest BCUT2D eigenvalue weighted by atomic mass is 35.5. The summed E-state index contributed by atoms with van der Waals surface area (Å²) in [6, 6.07) is 0. The zero-order chi connectivity index (χ0) is 11.8. The third-order valence-corrected chi connectivity index (χ3v) is 2.53. The standard InChI is InChI=1S/C11H18ClN3O/c1-3-15(5-6-16-4-2)11-13-8-10(7-12)9-14-11/h8-9H,3-7H2,1-2H3. The van der Waals surface area contributed by atoms with Crippen LogP contribution in [0.1, 0.15) is 19.4 Å². The summed E-state index contributed by atoms with van der Waals surface area (Å²) < 4.78 is 5.31. The number of hydrogen-bond acceptors (Lipinski definition) is 4. The molecular formula is C11H18ClN3O. The molecule has 1 aromatic heterocycles. The van der Waals surface area contributed by atoms with Crippen molar-refractivity contribution in [2.24, 2.45) is 0 Å². The minimum absolute atomic E-state index is 0.450. The van der Waals surface area contributed by atoms with E-state index < -0.39 is 0 Å². The van der Waals surface area contributed by atoms with Gasteiger partial charge in [0.25, 0.3) is 0 Å². The number of halogens is 1. The van der Waals surface area contributed by atoms with Gasteiger partial charge in [-0.3, -0.25) is 0 Å². The van der Waals surface area contributed by atoms with Gasteiger partial charge in [-0.2, -0.15) is 0 Å². The summed E-state index contributed by atoms with van der Waals surface area (Å²) in [5.41, 5.74) is 0.936. The van der Waals surface area contributed by atoms with Crippen LogP contribution in [0.25, 0.3) is 0 Å². The fraction of sp³-hybridized carbons (Fsp3) is 0.636. The Morgan fingerprint density at radius 3 is 2.50 bits per heavy atom. The summed E-state index contributed by atoms with van der Waals surface area (Å²) in [6.07, 6.45) is 3.53. The lowest BCUT2D eigenvalue weighted by molar-refractivity contribution is 0.153. The van der Waals surface area contributed by atoms with E-state index in [-0.39, 0.29) is 0 Å². The molecule has 0 fully saturated rings. The monoisotopic (exact) mass is 243 g/mol. The lowest BCUT2D eigenvalue weighted by Crippen LogP contribution is -2.28. The number of alkyl halides is 1. The van der Waals surface area contributed by atoms with E-state index >= 15 is 0 Å². The number of rotatable bonds is 7. The molecule has 5 heteroatoms. The zero-order valence-corrected chi connectivity index (χ0v) is 10.6. The molecule has 0 saturated heterocycles. The molecule has 1 heterocycles. The van der Waals surface area contributed by atoms with Crippen LogP contribution in [-0.2, 0) is 10.6 Å². The normalized spacial score (nSPS) is 10.4. The largest absolute Gasteiger partial charge is 0.380 e. The molecule has 1 aromatic rings. The minimum atomic E-state index is 0.450. The van der Waals surface area contributed by atoms with Gasteiger partial charge in [0.05, 0.1) is 12.5 Å². The van der Waals surface area contributed by atoms with Crippen LogP contribution in [0.2, 0.25) is 0 Å². The van der Waals surface area contributed by atoms with Gasteiger partial charge in [-0.1, -0.05) is 0 Å². The lowest BCUT2D eigenvalue weighted by Gasteiger charge is -2.20. The summed E-state index contributed by atoms with van der Waals surface area (Å²) in [5.74, 6) is 1.18. The topological polar surface area (TPSA) is 38.2 Å². The Labute approximate surface area is 102 Å². The van der Waals surface area contributed by atoms with E-state index in [0.717, 1.165) is 31.2 Å². The summed E-state index contributed by atoms with van der Waals surface area (Å²) in [6.45, 7) is 7.18. The molecule has 0 aromatic carbocycles. The molecule has 0 radical (unpaired) electrons. The molecule has 0 aliphatic rings. The first-order chi connectivity index (χ1) is 7.81. The van der Waals surface area contributed by atoms with Gasteiger partial charge in [0.15, 0.2) is 0 Å². The Hall–Kier alpha value is -0.870. The third-order valence-electron chi connectivity index (χ3n) is 2.22. The summed E-state index contributed by atoms with van der Waals surface area (Å²) in [5, 5.41) is 0. The van der Waals surface area contributed by atoms with Crippen LogP contribution in [-0.4, -0.2) is 36.3 Å². The van der Waals surface area contributed by atoms with Crippen LogP contribution in [0.5, 0.6) is 0 Å². The fourth-order valence-corrected chi connectivity index (χ4v) is 1.44. The maximum atomic E-state index is 5.68. The van der Waals surface area contributed by atoms with E-state index in [1.54, 1.807) is 12.4 Å². The molecule has 0 N–H and O–H groups in total. The van der Waals surface area contributed by atoms with Crippen LogP contribution < -0.4 is 4.90 Å². The number of hydrogen-bond donors (Lipinski definition) is 0. The molecule has 16 heavy (non-hydrogen) atoms. The van der Waals surface area contributed by atoms with Gasteiger partial charge in [-0.25, -0.2) is 9.97 Å². The zero-order valence-electron chi connectivity index (χ0n) is 9.82. The highest BCUT2D eigenvalue weighted by Crippen LogP contribution is 2.07. The Balaban J connectivity index is 2.56. The van der Waals surface area contributed by atoms with Gasteiger partial charge >= 0.3 is 0 Å². The number of aromatic nitrogens is 2. The van der Waals surface area contributed by atoms with E-state index in [2.05, 4.69) is 21.8 Å². The quantitative estimate of drug-likeness (QED) is 0.543. The number of nitrogens with zero attached hydrogens (tertiary/aromatic N) is 3. The highest BCUT2D eigenvalue weighted by molar-refractivity contribution is 6.17. The molecule has 0 saturated carbocycles. The van der Waals surface area contributed by atoms with E-state index in [4.69, 9.17) is 16.3 Å². The van der Waals surface area contributed by atoms with Crippen LogP contribution in [0.3, 0.4) is 0 Å². The molecule has 0 unspecified atom stereocenters. The maximum Gasteiger partial charge on any atom is 0.225 e. The van der Waals surface area contributed by atoms with E-state index in [1.807, 2.05) is 6.92 Å². The average Bonchev–Trinajstić information content (AvgIpc) is 2.35. The fourth-order valence-electron chi connectivity index (χ4n) is 1.30. The van der Waals surface area contributed by atoms with Gasteiger partial charge in [0.1, 0.15) is 0 Å². The Bertz CT molecular complexity index is 292. The van der Waals surface area contributed by atoms with Gasteiger partial charge in [-0.05, 0) is 13.8 Å². The smallest absolute Gasteiger partial charge is 0.225 e. The van der Waals surface area contributed by atoms with Crippen molar-refractivity contribution in [3.8, 4) is 0 Å². The van der Waals surface area contributed by atoms with Gasteiger partial charge < -0.3 is 9.64 Å². The molecule has 0 amide bonds. The molecular weight excluding hydrogens is 226 g/mol. The van der Waals surface area contributed by atoms with Crippen molar-refractivity contribution in [3.05, 3.63) is 18.0 Å². The van der Waals surface area contributed by atoms with Crippen molar-refractivity contribution in [1.82, 2.24) is 9.97 Å². The molecule has 0 atom stereocenters. The van der Waals surface area contributed by atoms with E-state index in [0.29, 0.717) is 12.5 Å². The number of ether oxygens (including phenoxy) is 1. The van der Waals surface area contributed by atoms with Crippen molar-refractivity contribution >= 4 is 17.5 Å². The second-order valence-corrected chi connectivity index (χ2v) is 3.57. The minimum Gasteiger partial charge on any atom is -0.380 e. The molecule has 0 aliphatic carbocycles. The molecule has 0 aliphatic heterocycles. The predicted molar refractivity (Wildman–Crippen MR) is 66.0 cm³/mol. The van der Waals surface area contributed by atoms with Crippen molar-refractivity contribution in [3.63, 3.8) is 0 Å². The predicted octanol–water partition coefficient (Wildman–Crippen LogP) is 2.08. The SMILES string of the molecule is CCOCCN(CC)c1ncc(CCl)cn1. The summed E-state index contributed by atoms with van der Waals surface area (Å²) in [4.78, 5) is 10.6. The Kier molecular flexibility index (Phi) is 6.11. The third kappa shape index (κ3) is 3.94. The molecule has 4 nitrogen and oxygen atoms in total. The first kappa shape index (κ1) is 13.2. The highest BCUT2D eigenvalue weighted by Gasteiger charge is 2.06. The van der Waals surface area contributed by atoms with Crippen molar-refractivity contribution in [2.45, 2.75) is 19.7 Å². The van der Waals surface area contributed by atoms with Gasteiger partial charge in [0.2, 0.25) is 5.95 Å². The van der Waals surface area contributed by atoms with Crippen LogP contribution in [0.15, 0.2) is 12.4 Å². The van der Waals surface area contributed by atoms with Crippen molar-refractivity contribution in [1.29, 1.82) is 0 Å². The van der Waals surface area contributed by atoms with Gasteiger partial charge in [0, 0.05) is 37.7 Å². The molecule has 1 rings (SSSR count). The van der Waals surface area contributed by atoms with Crippen molar-refractivity contribution < 1.29 is 4.74 Å². The molecule has 90 valence electrons. The van der Waals surface area contributed by atoms with Crippen molar-refractivity contribution in [2.75, 3.05) is 31.2 Å². The first-order valence-corrected chi connectivity index (χ1v) is 6.04. The van der Waals surface area contributed by atoms with Crippen LogP contribution in [0.4, 0.5) is 5.95 Å². The Morgan fingerprint density at radius 2 is 2.00 bits per heavy atom. The number of likely N-dealkylation sites (N-methyl/N-ethyl adjacent to an activating group) is 1. The van der Waals surface area contributed by atoms with Crippen LogP contribution >= 0.6 is 11.6 Å². The van der Waals surface area contributed by atoms with E-state index in [1.165, 1.54) is 0 Å². The number of anilines is 1. The summed E-state index contributed by atoms with van der Waals surface area (Å²) in [7, 11) is 0. The van der Waals surface area contributed by atoms with Gasteiger partial charge in [-0.15, -0.1) is 11.6 Å². The second kappa shape index (κ2) is 7.41. The maximum absolute atomic E-state index is 5.68. The average molecular weight is 244 g/mol. The Morgan fingerprint density at radius 1 is 1.31 bits per heavy atom. The van der Waals surface area contributed by atoms with E-state index in [9.17, 15) is 0 Å². The molecule has 0 bridgehead atoms.